The molecule has 4 aliphatic rings. The minimum Gasteiger partial charge on any atom is -0.467 e. The van der Waals surface area contributed by atoms with Crippen LogP contribution in [0.2, 0.25) is 16.6 Å². The number of benzene rings is 2. The van der Waals surface area contributed by atoms with Crippen molar-refractivity contribution in [1.82, 2.24) is 24.8 Å². The van der Waals surface area contributed by atoms with E-state index in [9.17, 15) is 9.18 Å². The van der Waals surface area contributed by atoms with Crippen LogP contribution in [0.15, 0.2) is 30.3 Å². The number of nitrogens with zero attached hydrogens (tertiary/aromatic N) is 7. The number of aromatic nitrogens is 3. The van der Waals surface area contributed by atoms with Crippen LogP contribution in [0.4, 0.5) is 25.8 Å². The van der Waals surface area contributed by atoms with Gasteiger partial charge in [0.25, 0.3) is 0 Å². The lowest BCUT2D eigenvalue weighted by Crippen LogP contribution is -2.57. The number of fused-ring (bicyclic) bond motifs is 5. The highest BCUT2D eigenvalue weighted by Crippen LogP contribution is 2.45. The van der Waals surface area contributed by atoms with Gasteiger partial charge in [-0.3, -0.25) is 9.80 Å². The molecule has 6 heterocycles. The Hall–Kier alpha value is -4.23. The molecule has 2 unspecified atom stereocenters. The molecule has 0 aliphatic carbocycles. The lowest BCUT2D eigenvalue weighted by molar-refractivity contribution is 0.0122. The first kappa shape index (κ1) is 45.3. The summed E-state index contributed by atoms with van der Waals surface area (Å²) < 4.78 is 38.6. The lowest BCUT2D eigenvalue weighted by atomic mass is 9.95. The van der Waals surface area contributed by atoms with Gasteiger partial charge in [-0.15, -0.1) is 5.54 Å². The number of carbonyl (C=O) groups excluding carboxylic acids is 1. The Balaban J connectivity index is 1.21. The van der Waals surface area contributed by atoms with E-state index in [0.29, 0.717) is 76.3 Å². The van der Waals surface area contributed by atoms with Crippen molar-refractivity contribution in [3.63, 3.8) is 0 Å². The predicted octanol–water partition coefficient (Wildman–Crippen LogP) is 10.1. The third-order valence-electron chi connectivity index (χ3n) is 14.0. The Morgan fingerprint density at radius 1 is 1.02 bits per heavy atom. The van der Waals surface area contributed by atoms with E-state index >= 15 is 0 Å². The average Bonchev–Trinajstić information content (AvgIpc) is 3.97. The summed E-state index contributed by atoms with van der Waals surface area (Å²) in [5.74, 6) is 5.10. The van der Waals surface area contributed by atoms with Crippen molar-refractivity contribution in [3.05, 3.63) is 35.9 Å². The van der Waals surface area contributed by atoms with Gasteiger partial charge in [-0.1, -0.05) is 70.9 Å². The van der Waals surface area contributed by atoms with E-state index in [1.54, 1.807) is 7.11 Å². The fourth-order valence-corrected chi connectivity index (χ4v) is 17.3. The molecule has 4 fully saturated rings. The number of alkyl halides is 1. The van der Waals surface area contributed by atoms with E-state index in [1.807, 2.05) is 44.9 Å². The van der Waals surface area contributed by atoms with Crippen molar-refractivity contribution in [2.75, 3.05) is 63.5 Å². The molecule has 15 heteroatoms. The first-order valence-electron chi connectivity index (χ1n) is 22.8. The van der Waals surface area contributed by atoms with Crippen LogP contribution in [0.3, 0.4) is 0 Å². The predicted molar refractivity (Wildman–Crippen MR) is 253 cm³/mol. The van der Waals surface area contributed by atoms with Crippen molar-refractivity contribution in [2.45, 2.75) is 140 Å². The number of methoxy groups -OCH3 is 1. The van der Waals surface area contributed by atoms with Gasteiger partial charge in [0.2, 0.25) is 0 Å². The number of ether oxygens (including phenoxy) is 4. The fraction of sp³-hybridized carbons (Fsp3) is 0.625. The SMILES string of the molecule is COCOc1cc(N(C)c2nc3c(N4CC5CCC(C4)N5C(=O)OC(C)(C)C)nc(OC[C@@]45CCCN4C[C@H](F)C5)nc3s2)c2c(C#C[Si](C(C)C)(C(C)C)C(C)C)cccc2c1. The summed E-state index contributed by atoms with van der Waals surface area (Å²) in [6.07, 6.45) is 2.97. The van der Waals surface area contributed by atoms with E-state index in [4.69, 9.17) is 33.9 Å². The number of anilines is 3. The molecule has 1 amide bonds. The maximum absolute atomic E-state index is 14.8. The van der Waals surface area contributed by atoms with Crippen molar-refractivity contribution < 1.29 is 28.1 Å². The number of hydrogen-bond donors (Lipinski definition) is 0. The molecule has 12 nitrogen and oxygen atoms in total. The zero-order valence-electron chi connectivity index (χ0n) is 39.1. The van der Waals surface area contributed by atoms with Gasteiger partial charge in [-0.25, -0.2) is 14.2 Å². The van der Waals surface area contributed by atoms with Gasteiger partial charge in [0.05, 0.1) is 23.3 Å². The van der Waals surface area contributed by atoms with Gasteiger partial charge in [0.1, 0.15) is 37.7 Å². The highest BCUT2D eigenvalue weighted by Gasteiger charge is 2.50. The van der Waals surface area contributed by atoms with Crippen LogP contribution >= 0.6 is 11.3 Å². The van der Waals surface area contributed by atoms with Crippen LogP contribution in [0, 0.1) is 11.5 Å². The summed E-state index contributed by atoms with van der Waals surface area (Å²) in [7, 11) is 1.60. The topological polar surface area (TPSA) is 106 Å². The first-order chi connectivity index (χ1) is 29.9. The molecular formula is C48H66FN7O5SSi. The molecule has 2 aromatic heterocycles. The smallest absolute Gasteiger partial charge is 0.410 e. The summed E-state index contributed by atoms with van der Waals surface area (Å²) >= 11 is 1.47. The zero-order chi connectivity index (χ0) is 45.0. The van der Waals surface area contributed by atoms with E-state index in [0.717, 1.165) is 54.3 Å². The Morgan fingerprint density at radius 3 is 2.40 bits per heavy atom. The first-order valence-corrected chi connectivity index (χ1v) is 25.9. The normalized spacial score (nSPS) is 22.7. The van der Waals surface area contributed by atoms with Crippen molar-refractivity contribution in [2.24, 2.45) is 0 Å². The molecular weight excluding hydrogens is 834 g/mol. The Kier molecular flexibility index (Phi) is 12.7. The largest absolute Gasteiger partial charge is 0.467 e. The van der Waals surface area contributed by atoms with E-state index in [-0.39, 0.29) is 36.5 Å². The van der Waals surface area contributed by atoms with Gasteiger partial charge in [-0.05, 0) is 87.1 Å². The van der Waals surface area contributed by atoms with Gasteiger partial charge < -0.3 is 28.7 Å². The fourth-order valence-electron chi connectivity index (χ4n) is 11.2. The Labute approximate surface area is 377 Å². The molecule has 2 bridgehead atoms. The third-order valence-corrected chi connectivity index (χ3v) is 21.3. The molecule has 8 rings (SSSR count). The van der Waals surface area contributed by atoms with Crippen LogP contribution in [-0.2, 0) is 9.47 Å². The molecule has 63 heavy (non-hydrogen) atoms. The summed E-state index contributed by atoms with van der Waals surface area (Å²) in [6.45, 7) is 22.6. The number of amides is 1. The summed E-state index contributed by atoms with van der Waals surface area (Å²) in [6, 6.07) is 10.6. The highest BCUT2D eigenvalue weighted by molar-refractivity contribution is 7.22. The third kappa shape index (κ3) is 8.69. The number of carbonyl (C=O) groups is 1. The molecule has 2 aromatic carbocycles. The molecule has 4 saturated heterocycles. The van der Waals surface area contributed by atoms with Gasteiger partial charge in [0.15, 0.2) is 22.6 Å². The molecule has 4 aliphatic heterocycles. The van der Waals surface area contributed by atoms with Crippen molar-refractivity contribution in [3.8, 4) is 23.2 Å². The Bertz CT molecular complexity index is 2360. The molecule has 340 valence electrons. The lowest BCUT2D eigenvalue weighted by Gasteiger charge is -2.41. The number of hydrogen-bond acceptors (Lipinski definition) is 12. The molecule has 4 aromatic rings. The summed E-state index contributed by atoms with van der Waals surface area (Å²) in [5.41, 5.74) is 7.03. The van der Waals surface area contributed by atoms with Crippen molar-refractivity contribution in [1.29, 1.82) is 0 Å². The molecule has 4 atom stereocenters. The maximum Gasteiger partial charge on any atom is 0.410 e. The van der Waals surface area contributed by atoms with E-state index in [2.05, 4.69) is 85.9 Å². The average molecular weight is 900 g/mol. The van der Waals surface area contributed by atoms with Gasteiger partial charge in [-0.2, -0.15) is 9.97 Å². The minimum atomic E-state index is -2.05. The van der Waals surface area contributed by atoms with Crippen LogP contribution < -0.4 is 19.3 Å². The Morgan fingerprint density at radius 2 is 1.73 bits per heavy atom. The van der Waals surface area contributed by atoms with Crippen molar-refractivity contribution >= 4 is 63.3 Å². The number of thiazole rings is 1. The van der Waals surface area contributed by atoms with Crippen LogP contribution in [0.1, 0.15) is 100.0 Å². The number of piperazine rings is 1. The monoisotopic (exact) mass is 899 g/mol. The van der Waals surface area contributed by atoms with Crippen LogP contribution in [0.5, 0.6) is 11.8 Å². The summed E-state index contributed by atoms with van der Waals surface area (Å²) in [5, 5.41) is 2.73. The molecule has 0 N–H and O–H groups in total. The van der Waals surface area contributed by atoms with Crippen LogP contribution in [0.25, 0.3) is 21.1 Å². The molecule has 0 radical (unpaired) electrons. The second-order valence-corrected chi connectivity index (χ2v) is 26.7. The molecule has 0 saturated carbocycles. The van der Waals surface area contributed by atoms with E-state index in [1.165, 1.54) is 11.3 Å². The highest BCUT2D eigenvalue weighted by atomic mass is 32.1. The van der Waals surface area contributed by atoms with Gasteiger partial charge >= 0.3 is 12.1 Å². The maximum atomic E-state index is 14.8. The minimum absolute atomic E-state index is 0.0377. The van der Waals surface area contributed by atoms with Gasteiger partial charge in [0, 0.05) is 57.2 Å². The second kappa shape index (κ2) is 17.6. The number of halogens is 1. The zero-order valence-corrected chi connectivity index (χ0v) is 40.9. The standard InChI is InChI=1S/C48H66FN7O5SSi/c1-30(2)63(31(3)4,32(5)6)21-18-33-14-12-15-34-22-38(60-29-58-11)23-39(40(33)34)53(10)45-50-41-42(54-26-36-16-17-37(27-54)56(36)46(57)61-47(7,8)9)51-44(52-43(41)62-45)59-28-48-19-13-20-55(48)25-35(49)24-48/h12,14-15,22-23,30-32,35-37H,13,16-17,19-20,24-29H2,1-11H3/t35-,36?,37?,48+/m1/s1. The van der Waals surface area contributed by atoms with Crippen LogP contribution in [-0.4, -0.2) is 122 Å². The second-order valence-electron chi connectivity index (χ2n) is 20.1. The summed E-state index contributed by atoms with van der Waals surface area (Å²) in [4.78, 5) is 38.1. The van der Waals surface area contributed by atoms with E-state index < -0.39 is 19.8 Å². The quantitative estimate of drug-likeness (QED) is 0.0771. The number of rotatable bonds is 12. The molecule has 0 spiro atoms.